The summed E-state index contributed by atoms with van der Waals surface area (Å²) >= 11 is 0. The smallest absolute Gasteiger partial charge is 0.320 e. The fourth-order valence-corrected chi connectivity index (χ4v) is 3.82. The molecule has 35 heavy (non-hydrogen) atoms. The number of nitrogens with zero attached hydrogens (tertiary/aromatic N) is 1. The van der Waals surface area contributed by atoms with Crippen LogP contribution in [0.2, 0.25) is 0 Å². The number of H-pyrrole nitrogens is 1. The highest BCUT2D eigenvalue weighted by Crippen LogP contribution is 2.32. The molecule has 7 nitrogen and oxygen atoms in total. The number of hydrogen-bond donors (Lipinski definition) is 4. The summed E-state index contributed by atoms with van der Waals surface area (Å²) in [4.78, 5) is 31.6. The lowest BCUT2D eigenvalue weighted by Gasteiger charge is -2.07. The van der Waals surface area contributed by atoms with Crippen molar-refractivity contribution in [3.8, 4) is 33.9 Å². The molecule has 0 bridgehead atoms. The molecular weight excluding hydrogens is 440 g/mol. The predicted octanol–water partition coefficient (Wildman–Crippen LogP) is 4.72. The Balaban J connectivity index is 1.46. The zero-order valence-electron chi connectivity index (χ0n) is 19.3. The zero-order valence-corrected chi connectivity index (χ0v) is 19.3. The van der Waals surface area contributed by atoms with Gasteiger partial charge in [0, 0.05) is 28.8 Å². The lowest BCUT2D eigenvalue weighted by Crippen LogP contribution is -2.30. The minimum absolute atomic E-state index is 0.173. The van der Waals surface area contributed by atoms with Crippen molar-refractivity contribution in [2.45, 2.75) is 25.3 Å². The summed E-state index contributed by atoms with van der Waals surface area (Å²) in [5.74, 6) is -0.449. The number of hydrogen-bond acceptors (Lipinski definition) is 4. The summed E-state index contributed by atoms with van der Waals surface area (Å²) in [6, 6.07) is 26.6. The molecule has 3 aromatic carbocycles. The van der Waals surface area contributed by atoms with E-state index in [2.05, 4.69) is 10.3 Å². The molecule has 5 N–H and O–H groups in total. The molecule has 1 amide bonds. The number of carboxylic acid groups (broad SMARTS) is 1. The fraction of sp³-hybridized carbons (Fsp3) is 0.179. The second-order valence-electron chi connectivity index (χ2n) is 8.31. The molecule has 1 atom stereocenters. The highest BCUT2D eigenvalue weighted by atomic mass is 16.4. The van der Waals surface area contributed by atoms with E-state index in [4.69, 9.17) is 15.8 Å². The summed E-state index contributed by atoms with van der Waals surface area (Å²) in [6.07, 6.45) is 1.69. The Bertz CT molecular complexity index is 1210. The van der Waals surface area contributed by atoms with E-state index < -0.39 is 12.0 Å². The van der Waals surface area contributed by atoms with E-state index in [0.717, 1.165) is 33.9 Å². The predicted molar refractivity (Wildman–Crippen MR) is 137 cm³/mol. The van der Waals surface area contributed by atoms with Crippen molar-refractivity contribution in [1.29, 1.82) is 0 Å². The van der Waals surface area contributed by atoms with Gasteiger partial charge in [0.1, 0.15) is 11.9 Å². The first kappa shape index (κ1) is 23.9. The van der Waals surface area contributed by atoms with Gasteiger partial charge in [-0.25, -0.2) is 4.98 Å². The molecule has 7 heteroatoms. The first-order chi connectivity index (χ1) is 17.0. The molecule has 1 aromatic heterocycles. The third-order valence-electron chi connectivity index (χ3n) is 5.78. The number of aromatic nitrogens is 2. The van der Waals surface area contributed by atoms with Crippen LogP contribution < -0.4 is 11.1 Å². The number of carboxylic acids is 1. The van der Waals surface area contributed by atoms with Gasteiger partial charge in [0.25, 0.3) is 5.91 Å². The van der Waals surface area contributed by atoms with Gasteiger partial charge in [0.05, 0.1) is 11.4 Å². The summed E-state index contributed by atoms with van der Waals surface area (Å²) in [7, 11) is 0. The fourth-order valence-electron chi connectivity index (χ4n) is 3.82. The molecule has 0 saturated carbocycles. The molecule has 0 aliphatic carbocycles. The van der Waals surface area contributed by atoms with Gasteiger partial charge in [-0.1, -0.05) is 72.8 Å². The van der Waals surface area contributed by atoms with Crippen LogP contribution in [0.15, 0.2) is 84.9 Å². The Morgan fingerprint density at radius 1 is 0.857 bits per heavy atom. The number of benzene rings is 3. The number of aliphatic carboxylic acids is 1. The maximum Gasteiger partial charge on any atom is 0.320 e. The summed E-state index contributed by atoms with van der Waals surface area (Å²) in [5.41, 5.74) is 10.8. The van der Waals surface area contributed by atoms with Gasteiger partial charge in [-0.3, -0.25) is 9.59 Å². The van der Waals surface area contributed by atoms with Gasteiger partial charge < -0.3 is 21.1 Å². The van der Waals surface area contributed by atoms with Crippen molar-refractivity contribution >= 4 is 11.9 Å². The quantitative estimate of drug-likeness (QED) is 0.251. The second-order valence-corrected chi connectivity index (χ2v) is 8.31. The van der Waals surface area contributed by atoms with Crippen LogP contribution >= 0.6 is 0 Å². The number of imidazole rings is 1. The van der Waals surface area contributed by atoms with Crippen molar-refractivity contribution in [2.75, 3.05) is 6.54 Å². The minimum atomic E-state index is -1.00. The van der Waals surface area contributed by atoms with Crippen LogP contribution in [0.3, 0.4) is 0 Å². The van der Waals surface area contributed by atoms with Crippen molar-refractivity contribution in [2.24, 2.45) is 5.73 Å². The second kappa shape index (κ2) is 11.3. The van der Waals surface area contributed by atoms with Crippen molar-refractivity contribution in [3.05, 3.63) is 90.5 Å². The number of carbonyl (C=O) groups excluding carboxylic acids is 1. The van der Waals surface area contributed by atoms with Gasteiger partial charge in [-0.05, 0) is 31.4 Å². The summed E-state index contributed by atoms with van der Waals surface area (Å²) < 4.78 is 0. The van der Waals surface area contributed by atoms with Crippen LogP contribution in [0.25, 0.3) is 33.9 Å². The van der Waals surface area contributed by atoms with Crippen molar-refractivity contribution in [1.82, 2.24) is 15.3 Å². The first-order valence-electron chi connectivity index (χ1n) is 11.6. The number of unbranched alkanes of at least 4 members (excludes halogenated alkanes) is 1. The molecule has 0 radical (unpaired) electrons. The Morgan fingerprint density at radius 2 is 1.49 bits per heavy atom. The summed E-state index contributed by atoms with van der Waals surface area (Å²) in [6.45, 7) is 0.464. The average molecular weight is 469 g/mol. The summed E-state index contributed by atoms with van der Waals surface area (Å²) in [5, 5.41) is 11.7. The number of aromatic amines is 1. The molecule has 0 unspecified atom stereocenters. The normalized spacial score (nSPS) is 11.7. The van der Waals surface area contributed by atoms with Crippen molar-refractivity contribution in [3.63, 3.8) is 0 Å². The molecule has 0 fully saturated rings. The molecule has 0 aliphatic rings. The van der Waals surface area contributed by atoms with E-state index in [9.17, 15) is 9.59 Å². The third-order valence-corrected chi connectivity index (χ3v) is 5.78. The number of amides is 1. The molecule has 178 valence electrons. The maximum absolute atomic E-state index is 12.5. The molecule has 4 rings (SSSR count). The Morgan fingerprint density at radius 3 is 2.11 bits per heavy atom. The Hall–Kier alpha value is -4.23. The van der Waals surface area contributed by atoms with E-state index in [0.29, 0.717) is 31.4 Å². The number of nitrogens with two attached hydrogens (primary N) is 1. The van der Waals surface area contributed by atoms with Crippen LogP contribution in [-0.4, -0.2) is 39.5 Å². The standard InChI is InChI=1S/C28H28N4O3/c29-23(28(34)35)13-7-8-18-30-27(33)22-16-14-21(15-17-22)26-31-24(19-9-3-1-4-10-19)25(32-26)20-11-5-2-6-12-20/h1-6,9-12,14-17,23H,7-8,13,18,29H2,(H,30,33)(H,31,32)(H,34,35)/t23-/m0/s1. The minimum Gasteiger partial charge on any atom is -0.480 e. The first-order valence-corrected chi connectivity index (χ1v) is 11.6. The lowest BCUT2D eigenvalue weighted by atomic mass is 10.1. The van der Waals surface area contributed by atoms with Crippen LogP contribution in [-0.2, 0) is 4.79 Å². The number of rotatable bonds is 10. The van der Waals surface area contributed by atoms with Gasteiger partial charge in [-0.2, -0.15) is 0 Å². The topological polar surface area (TPSA) is 121 Å². The van der Waals surface area contributed by atoms with Crippen LogP contribution in [0.5, 0.6) is 0 Å². The van der Waals surface area contributed by atoms with Gasteiger partial charge in [0.15, 0.2) is 0 Å². The largest absolute Gasteiger partial charge is 0.480 e. The Labute approximate surface area is 204 Å². The van der Waals surface area contributed by atoms with Crippen LogP contribution in [0.1, 0.15) is 29.6 Å². The molecular formula is C28H28N4O3. The lowest BCUT2D eigenvalue weighted by molar-refractivity contribution is -0.138. The monoisotopic (exact) mass is 468 g/mol. The molecule has 0 spiro atoms. The molecule has 0 aliphatic heterocycles. The van der Waals surface area contributed by atoms with E-state index >= 15 is 0 Å². The zero-order chi connectivity index (χ0) is 24.6. The molecule has 0 saturated heterocycles. The van der Waals surface area contributed by atoms with Crippen molar-refractivity contribution < 1.29 is 14.7 Å². The Kier molecular flexibility index (Phi) is 7.70. The molecule has 4 aromatic rings. The number of carbonyl (C=O) groups is 2. The highest BCUT2D eigenvalue weighted by molar-refractivity contribution is 5.94. The highest BCUT2D eigenvalue weighted by Gasteiger charge is 2.16. The van der Waals surface area contributed by atoms with Gasteiger partial charge >= 0.3 is 5.97 Å². The van der Waals surface area contributed by atoms with Gasteiger partial charge in [-0.15, -0.1) is 0 Å². The SMILES string of the molecule is N[C@@H](CCCCNC(=O)c1ccc(-c2nc(-c3ccccc3)c(-c3ccccc3)[nH]2)cc1)C(=O)O. The van der Waals surface area contributed by atoms with Crippen LogP contribution in [0.4, 0.5) is 0 Å². The van der Waals surface area contributed by atoms with E-state index in [1.807, 2.05) is 72.8 Å². The van der Waals surface area contributed by atoms with E-state index in [-0.39, 0.29) is 5.91 Å². The number of nitrogens with one attached hydrogen (secondary N) is 2. The van der Waals surface area contributed by atoms with E-state index in [1.54, 1.807) is 12.1 Å². The van der Waals surface area contributed by atoms with E-state index in [1.165, 1.54) is 0 Å². The maximum atomic E-state index is 12.5. The molecule has 1 heterocycles. The van der Waals surface area contributed by atoms with Gasteiger partial charge in [0.2, 0.25) is 0 Å². The van der Waals surface area contributed by atoms with Crippen LogP contribution in [0, 0.1) is 0 Å². The third kappa shape index (κ3) is 6.02. The average Bonchev–Trinajstić information content (AvgIpc) is 3.35.